The van der Waals surface area contributed by atoms with E-state index in [9.17, 15) is 0 Å². The average Bonchev–Trinajstić information content (AvgIpc) is 2.13. The number of hydrogen-bond donors (Lipinski definition) is 2. The first kappa shape index (κ1) is 10.9. The van der Waals surface area contributed by atoms with Gasteiger partial charge < -0.3 is 15.6 Å². The molecular weight excluding hydrogens is 168 g/mol. The minimum Gasteiger partial charge on any atom is -0.394 e. The molecule has 78 valence electrons. The highest BCUT2D eigenvalue weighted by Gasteiger charge is 2.15. The Labute approximate surface area is 79.7 Å². The molecule has 0 saturated carbocycles. The van der Waals surface area contributed by atoms with Crippen LogP contribution in [0.5, 0.6) is 0 Å². The highest BCUT2D eigenvalue weighted by molar-refractivity contribution is 4.74. The molecule has 0 aromatic carbocycles. The number of rotatable bonds is 5. The van der Waals surface area contributed by atoms with Gasteiger partial charge in [0.15, 0.2) is 0 Å². The molecule has 13 heavy (non-hydrogen) atoms. The van der Waals surface area contributed by atoms with Gasteiger partial charge in [-0.25, -0.2) is 0 Å². The highest BCUT2D eigenvalue weighted by atomic mass is 16.5. The first-order chi connectivity index (χ1) is 6.33. The molecule has 0 amide bonds. The fraction of sp³-hybridized carbons (Fsp3) is 1.00. The zero-order chi connectivity index (χ0) is 9.52. The van der Waals surface area contributed by atoms with Gasteiger partial charge in [0.1, 0.15) is 0 Å². The Morgan fingerprint density at radius 2 is 2.31 bits per heavy atom. The van der Waals surface area contributed by atoms with Crippen molar-refractivity contribution in [2.45, 2.75) is 18.9 Å². The number of hydrogen-bond acceptors (Lipinski definition) is 4. The number of nitrogens with two attached hydrogens (primary N) is 1. The molecular formula is C9H20N2O2. The summed E-state index contributed by atoms with van der Waals surface area (Å²) in [6, 6.07) is 0.339. The van der Waals surface area contributed by atoms with Crippen molar-refractivity contribution in [2.24, 2.45) is 5.73 Å². The van der Waals surface area contributed by atoms with E-state index in [1.807, 2.05) is 0 Å². The van der Waals surface area contributed by atoms with Gasteiger partial charge in [0.2, 0.25) is 0 Å². The Hall–Kier alpha value is -0.160. The zero-order valence-electron chi connectivity index (χ0n) is 8.11. The van der Waals surface area contributed by atoms with E-state index in [1.54, 1.807) is 0 Å². The van der Waals surface area contributed by atoms with Crippen LogP contribution in [0.25, 0.3) is 0 Å². The quantitative estimate of drug-likeness (QED) is 0.567. The maximum Gasteiger partial charge on any atom is 0.0698 e. The van der Waals surface area contributed by atoms with E-state index < -0.39 is 0 Å². The van der Waals surface area contributed by atoms with Crippen LogP contribution in [0.2, 0.25) is 0 Å². The molecule has 0 unspecified atom stereocenters. The predicted molar refractivity (Wildman–Crippen MR) is 51.6 cm³/mol. The van der Waals surface area contributed by atoms with Gasteiger partial charge in [-0.3, -0.25) is 4.90 Å². The van der Waals surface area contributed by atoms with Crippen molar-refractivity contribution in [3.05, 3.63) is 0 Å². The fourth-order valence-corrected chi connectivity index (χ4v) is 1.65. The molecule has 0 radical (unpaired) electrons. The van der Waals surface area contributed by atoms with Crippen LogP contribution in [0, 0.1) is 0 Å². The van der Waals surface area contributed by atoms with Gasteiger partial charge in [-0.2, -0.15) is 0 Å². The summed E-state index contributed by atoms with van der Waals surface area (Å²) in [4.78, 5) is 2.32. The summed E-state index contributed by atoms with van der Waals surface area (Å²) in [5, 5.41) is 8.49. The van der Waals surface area contributed by atoms with Crippen molar-refractivity contribution in [1.82, 2.24) is 4.90 Å². The molecule has 1 saturated heterocycles. The molecule has 1 rings (SSSR count). The average molecular weight is 188 g/mol. The normalized spacial score (nSPS) is 24.9. The Morgan fingerprint density at radius 1 is 1.46 bits per heavy atom. The monoisotopic (exact) mass is 188 g/mol. The van der Waals surface area contributed by atoms with Gasteiger partial charge >= 0.3 is 0 Å². The number of ether oxygens (including phenoxy) is 1. The van der Waals surface area contributed by atoms with Crippen molar-refractivity contribution >= 4 is 0 Å². The molecule has 0 aliphatic carbocycles. The first-order valence-corrected chi connectivity index (χ1v) is 4.99. The van der Waals surface area contributed by atoms with Crippen molar-refractivity contribution in [3.8, 4) is 0 Å². The summed E-state index contributed by atoms with van der Waals surface area (Å²) in [6.45, 7) is 4.32. The van der Waals surface area contributed by atoms with Crippen LogP contribution in [0.15, 0.2) is 0 Å². The lowest BCUT2D eigenvalue weighted by Crippen LogP contribution is -2.44. The van der Waals surface area contributed by atoms with Crippen LogP contribution >= 0.6 is 0 Å². The molecule has 3 N–H and O–H groups in total. The topological polar surface area (TPSA) is 58.7 Å². The van der Waals surface area contributed by atoms with Gasteiger partial charge in [-0.1, -0.05) is 0 Å². The molecule has 0 bridgehead atoms. The third-order valence-corrected chi connectivity index (χ3v) is 2.33. The predicted octanol–water partition coefficient (Wildman–Crippen LogP) is -0.582. The third-order valence-electron chi connectivity index (χ3n) is 2.33. The smallest absolute Gasteiger partial charge is 0.0698 e. The minimum absolute atomic E-state index is 0.111. The summed E-state index contributed by atoms with van der Waals surface area (Å²) in [5.41, 5.74) is 5.83. The number of aliphatic hydroxyl groups excluding tert-OH is 1. The van der Waals surface area contributed by atoms with Crippen LogP contribution in [0.1, 0.15) is 12.8 Å². The summed E-state index contributed by atoms with van der Waals surface area (Å²) in [6.07, 6.45) is 2.34. The van der Waals surface area contributed by atoms with Gasteiger partial charge in [0.05, 0.1) is 19.8 Å². The number of piperidine rings is 1. The maximum absolute atomic E-state index is 8.49. The van der Waals surface area contributed by atoms with E-state index in [1.165, 1.54) is 6.42 Å². The fourth-order valence-electron chi connectivity index (χ4n) is 1.65. The number of aliphatic hydroxyl groups is 1. The molecule has 1 aliphatic rings. The maximum atomic E-state index is 8.49. The largest absolute Gasteiger partial charge is 0.394 e. The Balaban J connectivity index is 2.00. The van der Waals surface area contributed by atoms with E-state index in [0.717, 1.165) is 26.1 Å². The van der Waals surface area contributed by atoms with E-state index >= 15 is 0 Å². The minimum atomic E-state index is 0.111. The van der Waals surface area contributed by atoms with Crippen molar-refractivity contribution in [2.75, 3.05) is 39.5 Å². The van der Waals surface area contributed by atoms with Crippen LogP contribution in [0.3, 0.4) is 0 Å². The first-order valence-electron chi connectivity index (χ1n) is 4.99. The van der Waals surface area contributed by atoms with Crippen LogP contribution in [-0.2, 0) is 4.74 Å². The second-order valence-electron chi connectivity index (χ2n) is 3.54. The Bertz CT molecular complexity index is 133. The van der Waals surface area contributed by atoms with Crippen molar-refractivity contribution in [1.29, 1.82) is 0 Å². The van der Waals surface area contributed by atoms with Gasteiger partial charge in [-0.05, 0) is 19.4 Å². The Kier molecular flexibility index (Phi) is 5.31. The van der Waals surface area contributed by atoms with Gasteiger partial charge in [0.25, 0.3) is 0 Å². The van der Waals surface area contributed by atoms with E-state index in [-0.39, 0.29) is 6.61 Å². The lowest BCUT2D eigenvalue weighted by atomic mass is 10.1. The summed E-state index contributed by atoms with van der Waals surface area (Å²) < 4.78 is 5.19. The standard InChI is InChI=1S/C9H20N2O2/c10-9-2-1-3-11(8-9)4-6-13-7-5-12/h9,12H,1-8,10H2/t9-/m0/s1. The van der Waals surface area contributed by atoms with Crippen LogP contribution in [0.4, 0.5) is 0 Å². The SMILES string of the molecule is N[C@H]1CCCN(CCOCCO)C1. The van der Waals surface area contributed by atoms with Gasteiger partial charge in [0, 0.05) is 19.1 Å². The molecule has 4 heteroatoms. The molecule has 0 spiro atoms. The molecule has 1 fully saturated rings. The lowest BCUT2D eigenvalue weighted by molar-refractivity contribution is 0.0675. The molecule has 0 aromatic heterocycles. The summed E-state index contributed by atoms with van der Waals surface area (Å²) in [5.74, 6) is 0. The van der Waals surface area contributed by atoms with Crippen LogP contribution < -0.4 is 5.73 Å². The molecule has 0 aromatic rings. The second-order valence-corrected chi connectivity index (χ2v) is 3.54. The number of likely N-dealkylation sites (tertiary alicyclic amines) is 1. The zero-order valence-corrected chi connectivity index (χ0v) is 8.11. The lowest BCUT2D eigenvalue weighted by Gasteiger charge is -2.30. The van der Waals surface area contributed by atoms with E-state index in [4.69, 9.17) is 15.6 Å². The summed E-state index contributed by atoms with van der Waals surface area (Å²) >= 11 is 0. The second kappa shape index (κ2) is 6.32. The van der Waals surface area contributed by atoms with Crippen LogP contribution in [-0.4, -0.2) is 55.5 Å². The molecule has 4 nitrogen and oxygen atoms in total. The molecule has 1 heterocycles. The highest BCUT2D eigenvalue weighted by Crippen LogP contribution is 2.07. The number of nitrogens with zero attached hydrogens (tertiary/aromatic N) is 1. The van der Waals surface area contributed by atoms with E-state index in [2.05, 4.69) is 4.90 Å². The van der Waals surface area contributed by atoms with Gasteiger partial charge in [-0.15, -0.1) is 0 Å². The molecule has 1 aliphatic heterocycles. The molecule has 1 atom stereocenters. The van der Waals surface area contributed by atoms with Crippen molar-refractivity contribution in [3.63, 3.8) is 0 Å². The third kappa shape index (κ3) is 4.57. The van der Waals surface area contributed by atoms with E-state index in [0.29, 0.717) is 19.3 Å². The Morgan fingerprint density at radius 3 is 3.00 bits per heavy atom. The summed E-state index contributed by atoms with van der Waals surface area (Å²) in [7, 11) is 0. The van der Waals surface area contributed by atoms with Crippen molar-refractivity contribution < 1.29 is 9.84 Å².